The van der Waals surface area contributed by atoms with E-state index in [1.807, 2.05) is 37.1 Å². The number of benzene rings is 4. The Morgan fingerprint density at radius 1 is 0.746 bits per heavy atom. The zero-order valence-electron chi connectivity index (χ0n) is 79.9. The minimum Gasteiger partial charge on any atom is -0.496 e. The van der Waals surface area contributed by atoms with Crippen molar-refractivity contribution in [2.75, 3.05) is 119 Å². The monoisotopic (exact) mass is 2060 g/mol. The average molecular weight is 2060 g/mol. The second kappa shape index (κ2) is 50.0. The summed E-state index contributed by atoms with van der Waals surface area (Å²) in [6.45, 7) is 10.1. The van der Waals surface area contributed by atoms with Crippen LogP contribution in [0.2, 0.25) is 0 Å². The van der Waals surface area contributed by atoms with Crippen molar-refractivity contribution in [1.29, 1.82) is 0 Å². The number of rotatable bonds is 49. The predicted molar refractivity (Wildman–Crippen MR) is 535 cm³/mol. The molecule has 6 heterocycles. The van der Waals surface area contributed by atoms with E-state index in [-0.39, 0.29) is 93.1 Å². The van der Waals surface area contributed by atoms with Gasteiger partial charge < -0.3 is 91.5 Å². The number of esters is 2. The molecule has 766 valence electrons. The minimum atomic E-state index is -1.43. The first-order valence-electron chi connectivity index (χ1n) is 46.7. The van der Waals surface area contributed by atoms with Crippen molar-refractivity contribution in [3.8, 4) is 18.1 Å². The van der Waals surface area contributed by atoms with Crippen LogP contribution in [-0.2, 0) is 100 Å². The normalized spacial score (nSPS) is 22.6. The number of hydrogen-bond acceptors (Lipinski definition) is 33. The van der Waals surface area contributed by atoms with E-state index < -0.39 is 178 Å². The molecule has 15 N–H and O–H groups in total. The Hall–Kier alpha value is -11.7. The highest BCUT2D eigenvalue weighted by Crippen LogP contribution is 2.67. The van der Waals surface area contributed by atoms with Crippen LogP contribution in [-0.4, -0.2) is 295 Å². The van der Waals surface area contributed by atoms with E-state index in [4.69, 9.17) is 46.4 Å². The number of aromatic nitrogens is 2. The third kappa shape index (κ3) is 26.7. The van der Waals surface area contributed by atoms with Gasteiger partial charge in [0.2, 0.25) is 23.7 Å². The fourth-order valence-electron chi connectivity index (χ4n) is 21.0. The first-order chi connectivity index (χ1) is 67.7. The number of nitrogens with one attached hydrogen (secondary N) is 6. The number of nitrogen functional groups attached to an aromatic ring is 1. The first-order valence-corrected chi connectivity index (χ1v) is 52.6. The molecule has 2 bridgehead atoms. The average Bonchev–Trinajstić information content (AvgIpc) is 1.49. The van der Waals surface area contributed by atoms with Gasteiger partial charge in [0.1, 0.15) is 35.7 Å². The number of aliphatic hydroxyl groups is 2. The lowest BCUT2D eigenvalue weighted by Crippen LogP contribution is -2.73. The second-order valence-electron chi connectivity index (χ2n) is 36.5. The number of H-pyrrole nitrogens is 1. The highest BCUT2D eigenvalue weighted by Gasteiger charge is 2.74. The van der Waals surface area contributed by atoms with Crippen molar-refractivity contribution in [3.63, 3.8) is 0 Å². The molecule has 5 aliphatic heterocycles. The molecular weight excluding hydrogens is 1940 g/mol. The smallest absolute Gasteiger partial charge is 0.407 e. The number of aromatic amines is 1. The number of piperidine rings is 1. The summed E-state index contributed by atoms with van der Waals surface area (Å²) in [6, 6.07) is 19.1. The van der Waals surface area contributed by atoms with Crippen molar-refractivity contribution >= 4 is 178 Å². The van der Waals surface area contributed by atoms with Crippen LogP contribution in [0.5, 0.6) is 5.75 Å². The number of likely N-dealkylation sites (N-methyl/N-ethyl adjacent to an activating group) is 1. The van der Waals surface area contributed by atoms with E-state index in [0.29, 0.717) is 141 Å². The van der Waals surface area contributed by atoms with Crippen LogP contribution in [0.25, 0.3) is 16.5 Å². The highest BCUT2D eigenvalue weighted by atomic mass is 33.1. The molecule has 1 saturated carbocycles. The summed E-state index contributed by atoms with van der Waals surface area (Å²) in [4.78, 5) is 215. The number of fused-ring (bicyclic) bond motifs is 6. The quantitative estimate of drug-likeness (QED) is 0.00350. The molecular formula is C98H122N12O27S5. The van der Waals surface area contributed by atoms with Gasteiger partial charge in [0, 0.05) is 154 Å². The summed E-state index contributed by atoms with van der Waals surface area (Å²) in [5.41, 5.74) is 10.2. The molecule has 39 nitrogen and oxygen atoms in total. The molecule has 2 aliphatic carbocycles. The third-order valence-electron chi connectivity index (χ3n) is 27.2. The Morgan fingerprint density at radius 3 is 2.06 bits per heavy atom. The number of carbonyl (C=O) groups excluding carboxylic acids is 10. The van der Waals surface area contributed by atoms with Crippen molar-refractivity contribution in [2.45, 2.75) is 195 Å². The molecule has 142 heavy (non-hydrogen) atoms. The SMILES string of the molecule is C#CCN(Cc1ccc2nc(N)[nH]c(=O)c2c1)c1ccc(C(=O)N[C@@H](CCC(=O)OCCSSCCC(=O)N[C@@H](CC(=O)O)C(=O)C[C@H](C)CC(=O)O)C(=O)O)cc1.CCC1(O)C[C@H]2CN(CCC3=C(Cc4ccccc43)[C@@](C(=O)OC)(c3cc4c(cc3OC)N(C)C3[C@@H](C(=O)CNC(=O)OCCSSCCC(=O)NS[C@H](CC(=O)[C@H](CC(=O)O)NC(C)=O)C(=O)O)[C@H](O)[C@]5(CC)C=CCN6CC[C@]43[C@@H]65)C2)C1. The van der Waals surface area contributed by atoms with Gasteiger partial charge in [0.15, 0.2) is 17.3 Å². The fraction of sp³-hybridized carbons (Fsp3) is 0.520. The van der Waals surface area contributed by atoms with Crippen molar-refractivity contribution in [3.05, 3.63) is 140 Å². The number of terminal acetylenes is 1. The Bertz CT molecular complexity index is 5730. The number of hydrogen-bond donors (Lipinski definition) is 14. The Kier molecular flexibility index (Phi) is 39.0. The van der Waals surface area contributed by atoms with Crippen LogP contribution in [0.1, 0.15) is 162 Å². The number of carbonyl (C=O) groups is 15. The number of nitrogens with zero attached hydrogens (tertiary/aromatic N) is 5. The molecule has 44 heteroatoms. The zero-order valence-corrected chi connectivity index (χ0v) is 84.0. The zero-order chi connectivity index (χ0) is 103. The van der Waals surface area contributed by atoms with Gasteiger partial charge in [-0.15, -0.1) is 6.42 Å². The number of Topliss-reactive ketones (excluding diaryl/α,β-unsaturated/α-hetero) is 3. The van der Waals surface area contributed by atoms with E-state index in [1.54, 1.807) is 44.4 Å². The van der Waals surface area contributed by atoms with E-state index in [9.17, 15) is 87.5 Å². The Morgan fingerprint density at radius 2 is 1.42 bits per heavy atom. The molecule has 0 radical (unpaired) electrons. The number of aliphatic hydroxyl groups excluding tert-OH is 1. The molecule has 12 rings (SSSR count). The first kappa shape index (κ1) is 111. The molecule has 5 aromatic rings. The van der Waals surface area contributed by atoms with Crippen LogP contribution in [0.15, 0.2) is 101 Å². The molecule has 5 amide bonds. The van der Waals surface area contributed by atoms with Crippen LogP contribution in [0, 0.1) is 35.5 Å². The number of carboxylic acids is 5. The lowest BCUT2D eigenvalue weighted by molar-refractivity contribution is -0.148. The van der Waals surface area contributed by atoms with E-state index in [2.05, 4.69) is 93.9 Å². The number of aliphatic carboxylic acids is 5. The van der Waals surface area contributed by atoms with Crippen LogP contribution < -0.4 is 51.8 Å². The maximum absolute atomic E-state index is 15.5. The van der Waals surface area contributed by atoms with Gasteiger partial charge in [0.25, 0.3) is 11.5 Å². The number of alkyl carbamates (subject to hydrolysis) is 1. The van der Waals surface area contributed by atoms with Gasteiger partial charge in [-0.3, -0.25) is 86.6 Å². The van der Waals surface area contributed by atoms with Crippen LogP contribution >= 0.6 is 55.1 Å². The van der Waals surface area contributed by atoms with Crippen molar-refractivity contribution in [1.82, 2.24) is 45.8 Å². The number of anilines is 3. The molecule has 2 saturated heterocycles. The summed E-state index contributed by atoms with van der Waals surface area (Å²) < 4.78 is 25.5. The molecule has 4 aromatic carbocycles. The fourth-order valence-corrected chi connectivity index (χ4v) is 25.4. The molecule has 3 unspecified atom stereocenters. The van der Waals surface area contributed by atoms with Crippen molar-refractivity contribution < 1.29 is 127 Å². The Balaban J connectivity index is 0.000000291. The largest absolute Gasteiger partial charge is 0.496 e. The highest BCUT2D eigenvalue weighted by molar-refractivity contribution is 8.77. The number of methoxy groups -OCH3 is 2. The van der Waals surface area contributed by atoms with E-state index >= 15 is 9.59 Å². The summed E-state index contributed by atoms with van der Waals surface area (Å²) in [6.07, 6.45) is 8.65. The van der Waals surface area contributed by atoms with E-state index in [1.165, 1.54) is 62.4 Å². The summed E-state index contributed by atoms with van der Waals surface area (Å²) >= 11 is 0.503. The molecule has 1 aromatic heterocycles. The lowest BCUT2D eigenvalue weighted by Gasteiger charge is -2.61. The number of ether oxygens (including phenoxy) is 4. The number of nitrogens with two attached hydrogens (primary N) is 1. The molecule has 1 spiro atoms. The minimum absolute atomic E-state index is 0.00811. The molecule has 7 aliphatic rings. The standard InChI is InChI=1S/C60H78N6O15S3.C38H44N6O12S2/c1-7-57(78)29-35-30-60(55(76)80-6,39-24-36-12-9-10-13-37(36)38(39)14-19-65(32-35)33-57)41-25-40-43(27-46(41)79-5)64(4)51-50(52(73)58(8-2)16-11-18-66-20-17-59(40,51)54(58)66)45(69)31-61-56(77)81-21-23-83-82-22-15-48(70)63-84-47(53(74)75)28-44(68)42(26-49(71)72)62-34(3)67;1-3-13-44(21-23-4-9-27-26(19-23)36(53)43-38(39)42-27)25-7-5-24(6-8-25)35(52)41-28(37(54)55)10-11-34(51)56-14-16-58-57-15-12-31(46)40-29(20-33(49)50)30(45)17-22(2)18-32(47)48/h9-13,16,25,27,35,42,47,50-52,54,73,78H,7-8,14-15,17-24,26,28-33H2,1-6H3,(H,61,77)(H,62,67)(H,63,70)(H,71,72)(H,74,75);1,4-9,19,22,28-29H,10-18,20-21H2,2H3,(H,40,46)(H,41,52)(H,47,48)(H,49,50)(H,54,55)(H3,39,42,43,53)/t35-,42+,47-,50-,51?,52+,54+,57?,58+,59+,60-;22-,28-,29-/m10/s1. The van der Waals surface area contributed by atoms with Gasteiger partial charge in [-0.2, -0.15) is 0 Å². The third-order valence-corrected chi connectivity index (χ3v) is 33.0. The van der Waals surface area contributed by atoms with Gasteiger partial charge >= 0.3 is 47.9 Å². The predicted octanol–water partition coefficient (Wildman–Crippen LogP) is 7.14. The van der Waals surface area contributed by atoms with Gasteiger partial charge in [-0.25, -0.2) is 14.6 Å². The Labute approximate surface area is 840 Å². The van der Waals surface area contributed by atoms with Crippen LogP contribution in [0.4, 0.5) is 22.1 Å². The van der Waals surface area contributed by atoms with Crippen molar-refractivity contribution in [2.24, 2.45) is 23.2 Å². The summed E-state index contributed by atoms with van der Waals surface area (Å²) in [5, 5.41) is 80.1. The topological polar surface area (TPSA) is 579 Å². The maximum Gasteiger partial charge on any atom is 0.407 e. The number of amides is 5. The van der Waals surface area contributed by atoms with Gasteiger partial charge in [0.05, 0.1) is 86.8 Å². The molecule has 3 fully saturated rings. The number of ketones is 3. The van der Waals surface area contributed by atoms with Gasteiger partial charge in [-0.1, -0.05) is 112 Å². The maximum atomic E-state index is 15.5. The molecule has 15 atom stereocenters. The number of carboxylic acid groups (broad SMARTS) is 5. The van der Waals surface area contributed by atoms with Gasteiger partial charge in [-0.05, 0) is 158 Å². The summed E-state index contributed by atoms with van der Waals surface area (Å²) in [7, 11) is 10.2. The van der Waals surface area contributed by atoms with Crippen LogP contribution in [0.3, 0.4) is 0 Å². The second-order valence-corrected chi connectivity index (χ2v) is 43.0. The summed E-state index contributed by atoms with van der Waals surface area (Å²) in [5.74, 6) is -8.94. The lowest BCUT2D eigenvalue weighted by atomic mass is 9.48. The van der Waals surface area contributed by atoms with E-state index in [0.717, 1.165) is 52.6 Å².